The molecule has 0 fully saturated rings. The normalized spacial score (nSPS) is 10.3. The van der Waals surface area contributed by atoms with Gasteiger partial charge in [-0.05, 0) is 42.5 Å². The van der Waals surface area contributed by atoms with Crippen LogP contribution in [0, 0.1) is 0 Å². The maximum absolute atomic E-state index is 11.4. The van der Waals surface area contributed by atoms with Crippen molar-refractivity contribution in [3.05, 3.63) is 57.5 Å². The molecule has 2 aromatic carbocycles. The molecular formula is C14H10BrClO2S. The van der Waals surface area contributed by atoms with Gasteiger partial charge in [0, 0.05) is 14.3 Å². The summed E-state index contributed by atoms with van der Waals surface area (Å²) >= 11 is 11.0. The highest BCUT2D eigenvalue weighted by molar-refractivity contribution is 9.10. The van der Waals surface area contributed by atoms with E-state index in [1.807, 2.05) is 30.3 Å². The fraction of sp³-hybridized carbons (Fsp3) is 0.0714. The van der Waals surface area contributed by atoms with Crippen molar-refractivity contribution in [3.63, 3.8) is 0 Å². The lowest BCUT2D eigenvalue weighted by Gasteiger charge is -2.06. The van der Waals surface area contributed by atoms with Crippen LogP contribution in [0.5, 0.6) is 0 Å². The van der Waals surface area contributed by atoms with Crippen LogP contribution in [0.25, 0.3) is 0 Å². The molecule has 0 aliphatic carbocycles. The zero-order valence-corrected chi connectivity index (χ0v) is 13.2. The van der Waals surface area contributed by atoms with Gasteiger partial charge in [-0.25, -0.2) is 4.79 Å². The predicted octanol–water partition coefficient (Wildman–Crippen LogP) is 5.04. The van der Waals surface area contributed by atoms with Crippen molar-refractivity contribution >= 4 is 45.3 Å². The van der Waals surface area contributed by atoms with Crippen molar-refractivity contribution in [2.75, 3.05) is 7.11 Å². The Morgan fingerprint density at radius 3 is 2.37 bits per heavy atom. The monoisotopic (exact) mass is 356 g/mol. The van der Waals surface area contributed by atoms with E-state index in [0.717, 1.165) is 14.3 Å². The van der Waals surface area contributed by atoms with Crippen LogP contribution in [0.15, 0.2) is 56.7 Å². The van der Waals surface area contributed by atoms with Crippen LogP contribution >= 0.6 is 39.3 Å². The zero-order chi connectivity index (χ0) is 13.8. The summed E-state index contributed by atoms with van der Waals surface area (Å²) in [6, 6.07) is 13.3. The minimum absolute atomic E-state index is 0.379. The van der Waals surface area contributed by atoms with Crippen LogP contribution in [-0.2, 0) is 4.74 Å². The first-order valence-electron chi connectivity index (χ1n) is 5.41. The second kappa shape index (κ2) is 6.46. The molecule has 0 saturated carbocycles. The van der Waals surface area contributed by atoms with Crippen molar-refractivity contribution in [2.45, 2.75) is 9.79 Å². The Kier molecular flexibility index (Phi) is 4.91. The topological polar surface area (TPSA) is 26.3 Å². The molecule has 0 bridgehead atoms. The van der Waals surface area contributed by atoms with E-state index in [-0.39, 0.29) is 0 Å². The van der Waals surface area contributed by atoms with Gasteiger partial charge in [-0.3, -0.25) is 0 Å². The van der Waals surface area contributed by atoms with Gasteiger partial charge in [0.2, 0.25) is 0 Å². The Morgan fingerprint density at radius 2 is 1.79 bits per heavy atom. The number of methoxy groups -OCH3 is 1. The molecule has 0 aliphatic heterocycles. The molecule has 2 nitrogen and oxygen atoms in total. The van der Waals surface area contributed by atoms with Gasteiger partial charge < -0.3 is 4.74 Å². The van der Waals surface area contributed by atoms with Crippen molar-refractivity contribution in [2.24, 2.45) is 0 Å². The van der Waals surface area contributed by atoms with E-state index < -0.39 is 5.97 Å². The molecule has 0 saturated heterocycles. The molecule has 2 aromatic rings. The Bertz CT molecular complexity index is 599. The maximum atomic E-state index is 11.4. The summed E-state index contributed by atoms with van der Waals surface area (Å²) in [5, 5.41) is 0.397. The van der Waals surface area contributed by atoms with E-state index >= 15 is 0 Å². The second-order valence-electron chi connectivity index (χ2n) is 3.69. The van der Waals surface area contributed by atoms with Crippen molar-refractivity contribution in [1.82, 2.24) is 0 Å². The van der Waals surface area contributed by atoms with Gasteiger partial charge in [-0.15, -0.1) is 0 Å². The van der Waals surface area contributed by atoms with E-state index in [4.69, 9.17) is 11.6 Å². The largest absolute Gasteiger partial charge is 0.465 e. The number of carbonyl (C=O) groups is 1. The molecule has 0 atom stereocenters. The van der Waals surface area contributed by atoms with Crippen LogP contribution in [-0.4, -0.2) is 13.1 Å². The number of hydrogen-bond acceptors (Lipinski definition) is 3. The molecule has 0 N–H and O–H groups in total. The molecule has 2 rings (SSSR count). The Hall–Kier alpha value is -0.970. The number of hydrogen-bond donors (Lipinski definition) is 0. The highest BCUT2D eigenvalue weighted by atomic mass is 79.9. The van der Waals surface area contributed by atoms with Crippen LogP contribution < -0.4 is 0 Å². The number of esters is 1. The van der Waals surface area contributed by atoms with Gasteiger partial charge in [0.05, 0.1) is 17.7 Å². The summed E-state index contributed by atoms with van der Waals surface area (Å²) in [7, 11) is 1.34. The predicted molar refractivity (Wildman–Crippen MR) is 81.1 cm³/mol. The fourth-order valence-corrected chi connectivity index (χ4v) is 2.92. The first kappa shape index (κ1) is 14.4. The summed E-state index contributed by atoms with van der Waals surface area (Å²) in [5.41, 5.74) is 0.379. The van der Waals surface area contributed by atoms with Gasteiger partial charge in [-0.1, -0.05) is 39.3 Å². The molecule has 98 valence electrons. The highest BCUT2D eigenvalue weighted by Crippen LogP contribution is 2.31. The summed E-state index contributed by atoms with van der Waals surface area (Å²) in [6.45, 7) is 0. The quantitative estimate of drug-likeness (QED) is 0.720. The number of halogens is 2. The van der Waals surface area contributed by atoms with E-state index in [2.05, 4.69) is 20.7 Å². The molecule has 0 heterocycles. The van der Waals surface area contributed by atoms with E-state index in [9.17, 15) is 4.79 Å². The smallest absolute Gasteiger partial charge is 0.339 e. The lowest BCUT2D eigenvalue weighted by molar-refractivity contribution is 0.0601. The minimum atomic E-state index is -0.426. The SMILES string of the molecule is COC(=O)c1ccc(Sc2ccc(Br)cc2)cc1Cl. The molecule has 5 heteroatoms. The average molecular weight is 358 g/mol. The minimum Gasteiger partial charge on any atom is -0.465 e. The van der Waals surface area contributed by atoms with E-state index in [1.165, 1.54) is 7.11 Å². The van der Waals surface area contributed by atoms with E-state index in [1.54, 1.807) is 23.9 Å². The number of carbonyl (C=O) groups excluding carboxylic acids is 1. The average Bonchev–Trinajstić information content (AvgIpc) is 2.41. The first-order valence-corrected chi connectivity index (χ1v) is 7.40. The Labute approximate surface area is 129 Å². The molecule has 19 heavy (non-hydrogen) atoms. The summed E-state index contributed by atoms with van der Waals surface area (Å²) in [6.07, 6.45) is 0. The third-order valence-corrected chi connectivity index (χ3v) is 4.23. The molecular weight excluding hydrogens is 348 g/mol. The lowest BCUT2D eigenvalue weighted by atomic mass is 10.2. The van der Waals surface area contributed by atoms with Gasteiger partial charge >= 0.3 is 5.97 Å². The molecule has 0 unspecified atom stereocenters. The summed E-state index contributed by atoms with van der Waals surface area (Å²) < 4.78 is 5.69. The van der Waals surface area contributed by atoms with Crippen molar-refractivity contribution < 1.29 is 9.53 Å². The molecule has 0 spiro atoms. The zero-order valence-electron chi connectivity index (χ0n) is 10.0. The van der Waals surface area contributed by atoms with Crippen LogP contribution in [0.1, 0.15) is 10.4 Å². The maximum Gasteiger partial charge on any atom is 0.339 e. The van der Waals surface area contributed by atoms with Crippen LogP contribution in [0.2, 0.25) is 5.02 Å². The molecule has 0 radical (unpaired) electrons. The standard InChI is InChI=1S/C14H10BrClO2S/c1-18-14(17)12-7-6-11(8-13(12)16)19-10-4-2-9(15)3-5-10/h2-8H,1H3. The Morgan fingerprint density at radius 1 is 1.16 bits per heavy atom. The molecule has 0 amide bonds. The highest BCUT2D eigenvalue weighted by Gasteiger charge is 2.11. The Balaban J connectivity index is 2.20. The van der Waals surface area contributed by atoms with Crippen molar-refractivity contribution in [1.29, 1.82) is 0 Å². The number of ether oxygens (including phenoxy) is 1. The van der Waals surface area contributed by atoms with Gasteiger partial charge in [0.25, 0.3) is 0 Å². The van der Waals surface area contributed by atoms with Gasteiger partial charge in [-0.2, -0.15) is 0 Å². The van der Waals surface area contributed by atoms with Gasteiger partial charge in [0.15, 0.2) is 0 Å². The van der Waals surface area contributed by atoms with Gasteiger partial charge in [0.1, 0.15) is 0 Å². The van der Waals surface area contributed by atoms with Crippen LogP contribution in [0.4, 0.5) is 0 Å². The second-order valence-corrected chi connectivity index (χ2v) is 6.16. The number of benzene rings is 2. The van der Waals surface area contributed by atoms with Crippen molar-refractivity contribution in [3.8, 4) is 0 Å². The number of rotatable bonds is 3. The third kappa shape index (κ3) is 3.75. The third-order valence-electron chi connectivity index (χ3n) is 2.40. The fourth-order valence-electron chi connectivity index (χ4n) is 1.47. The summed E-state index contributed by atoms with van der Waals surface area (Å²) in [4.78, 5) is 13.5. The van der Waals surface area contributed by atoms with Crippen LogP contribution in [0.3, 0.4) is 0 Å². The molecule has 0 aromatic heterocycles. The summed E-state index contributed by atoms with van der Waals surface area (Å²) in [5.74, 6) is -0.426. The lowest BCUT2D eigenvalue weighted by Crippen LogP contribution is -2.01. The first-order chi connectivity index (χ1) is 9.10. The molecule has 0 aliphatic rings. The van der Waals surface area contributed by atoms with E-state index in [0.29, 0.717) is 10.6 Å².